The van der Waals surface area contributed by atoms with Crippen molar-refractivity contribution in [2.45, 2.75) is 17.7 Å². The zero-order chi connectivity index (χ0) is 15.6. The number of primary sulfonamides is 1. The number of carbonyl (C=O) groups excluding carboxylic acids is 1. The van der Waals surface area contributed by atoms with Crippen LogP contribution in [0.2, 0.25) is 0 Å². The molecule has 0 unspecified atom stereocenters. The molecule has 0 amide bonds. The van der Waals surface area contributed by atoms with E-state index in [0.717, 1.165) is 18.9 Å². The number of benzene rings is 1. The molecule has 1 aromatic carbocycles. The Morgan fingerprint density at radius 1 is 1.24 bits per heavy atom. The smallest absolute Gasteiger partial charge is 0.341 e. The van der Waals surface area contributed by atoms with Crippen molar-refractivity contribution in [1.29, 1.82) is 0 Å². The summed E-state index contributed by atoms with van der Waals surface area (Å²) in [5.74, 6) is -0.0738. The maximum Gasteiger partial charge on any atom is 0.341 e. The van der Waals surface area contributed by atoms with Gasteiger partial charge >= 0.3 is 5.97 Å². The molecule has 0 saturated heterocycles. The summed E-state index contributed by atoms with van der Waals surface area (Å²) in [5.41, 5.74) is 0.00275. The van der Waals surface area contributed by atoms with Crippen LogP contribution in [0.15, 0.2) is 17.0 Å². The van der Waals surface area contributed by atoms with Gasteiger partial charge in [-0.25, -0.2) is 18.4 Å². The van der Waals surface area contributed by atoms with E-state index in [9.17, 15) is 13.2 Å². The molecular weight excluding hydrogens is 298 g/mol. The lowest BCUT2D eigenvalue weighted by Crippen LogP contribution is -2.16. The predicted molar refractivity (Wildman–Crippen MR) is 73.9 cm³/mol. The second-order valence-electron chi connectivity index (χ2n) is 4.79. The molecule has 0 bridgehead atoms. The van der Waals surface area contributed by atoms with Crippen LogP contribution in [0.4, 0.5) is 0 Å². The molecule has 116 valence electrons. The van der Waals surface area contributed by atoms with Crippen molar-refractivity contribution >= 4 is 16.0 Å². The van der Waals surface area contributed by atoms with E-state index in [1.807, 2.05) is 0 Å². The fourth-order valence-electron chi connectivity index (χ4n) is 1.81. The number of rotatable bonds is 6. The van der Waals surface area contributed by atoms with E-state index in [1.165, 1.54) is 20.3 Å². The van der Waals surface area contributed by atoms with Gasteiger partial charge < -0.3 is 14.2 Å². The van der Waals surface area contributed by atoms with Crippen molar-refractivity contribution in [2.75, 3.05) is 20.8 Å². The number of esters is 1. The molecule has 0 aliphatic heterocycles. The maximum absolute atomic E-state index is 12.1. The lowest BCUT2D eigenvalue weighted by molar-refractivity contribution is 0.0482. The summed E-state index contributed by atoms with van der Waals surface area (Å²) in [7, 11) is -1.37. The Morgan fingerprint density at radius 2 is 1.86 bits per heavy atom. The summed E-state index contributed by atoms with van der Waals surface area (Å²) in [6.07, 6.45) is 2.07. The average Bonchev–Trinajstić information content (AvgIpc) is 3.26. The minimum atomic E-state index is -4.03. The van der Waals surface area contributed by atoms with Gasteiger partial charge in [-0.1, -0.05) is 0 Å². The number of methoxy groups -OCH3 is 2. The predicted octanol–water partition coefficient (Wildman–Crippen LogP) is 0.918. The SMILES string of the molecule is COc1cc(OC)c(S(N)(=O)=O)cc1C(=O)OCC1CC1. The quantitative estimate of drug-likeness (QED) is 0.783. The Labute approximate surface area is 123 Å². The number of carbonyl (C=O) groups is 1. The Bertz CT molecular complexity index is 651. The average molecular weight is 315 g/mol. The first-order valence-electron chi connectivity index (χ1n) is 6.32. The van der Waals surface area contributed by atoms with E-state index in [1.54, 1.807) is 0 Å². The molecule has 0 heterocycles. The summed E-state index contributed by atoms with van der Waals surface area (Å²) in [6, 6.07) is 2.41. The highest BCUT2D eigenvalue weighted by Crippen LogP contribution is 2.33. The van der Waals surface area contributed by atoms with Gasteiger partial charge in [0.25, 0.3) is 0 Å². The van der Waals surface area contributed by atoms with Crippen molar-refractivity contribution in [3.8, 4) is 11.5 Å². The van der Waals surface area contributed by atoms with Gasteiger partial charge in [-0.3, -0.25) is 0 Å². The minimum absolute atomic E-state index is 0.00275. The number of ether oxygens (including phenoxy) is 3. The molecule has 1 fully saturated rings. The fourth-order valence-corrected chi connectivity index (χ4v) is 2.51. The first kappa shape index (κ1) is 15.6. The van der Waals surface area contributed by atoms with Gasteiger partial charge in [-0.05, 0) is 24.8 Å². The molecule has 0 radical (unpaired) electrons. The highest BCUT2D eigenvalue weighted by atomic mass is 32.2. The highest BCUT2D eigenvalue weighted by Gasteiger charge is 2.26. The zero-order valence-corrected chi connectivity index (χ0v) is 12.6. The largest absolute Gasteiger partial charge is 0.496 e. The van der Waals surface area contributed by atoms with Crippen LogP contribution in [-0.4, -0.2) is 35.2 Å². The Kier molecular flexibility index (Phi) is 4.38. The van der Waals surface area contributed by atoms with Gasteiger partial charge in [-0.2, -0.15) is 0 Å². The lowest BCUT2D eigenvalue weighted by Gasteiger charge is -2.13. The van der Waals surface area contributed by atoms with Crippen LogP contribution < -0.4 is 14.6 Å². The normalized spacial score (nSPS) is 14.6. The summed E-state index contributed by atoms with van der Waals surface area (Å²) < 4.78 is 38.3. The molecule has 0 atom stereocenters. The lowest BCUT2D eigenvalue weighted by atomic mass is 10.2. The third-order valence-electron chi connectivity index (χ3n) is 3.16. The molecule has 1 aliphatic rings. The van der Waals surface area contributed by atoms with Crippen molar-refractivity contribution in [3.05, 3.63) is 17.7 Å². The van der Waals surface area contributed by atoms with Crippen LogP contribution in [-0.2, 0) is 14.8 Å². The number of sulfonamides is 1. The van der Waals surface area contributed by atoms with Gasteiger partial charge in [0.2, 0.25) is 10.0 Å². The Morgan fingerprint density at radius 3 is 2.33 bits per heavy atom. The van der Waals surface area contributed by atoms with Crippen molar-refractivity contribution in [3.63, 3.8) is 0 Å². The van der Waals surface area contributed by atoms with Crippen LogP contribution >= 0.6 is 0 Å². The first-order valence-corrected chi connectivity index (χ1v) is 7.87. The third kappa shape index (κ3) is 3.64. The summed E-state index contributed by atoms with van der Waals surface area (Å²) in [6.45, 7) is 0.318. The van der Waals surface area contributed by atoms with E-state index in [2.05, 4.69) is 0 Å². The van der Waals surface area contributed by atoms with E-state index >= 15 is 0 Å². The zero-order valence-electron chi connectivity index (χ0n) is 11.8. The van der Waals surface area contributed by atoms with Gasteiger partial charge in [0.1, 0.15) is 22.0 Å². The molecular formula is C13H17NO6S. The Hall–Kier alpha value is -1.80. The van der Waals surface area contributed by atoms with Crippen LogP contribution in [0.5, 0.6) is 11.5 Å². The van der Waals surface area contributed by atoms with Crippen molar-refractivity contribution in [2.24, 2.45) is 11.1 Å². The van der Waals surface area contributed by atoms with Crippen LogP contribution in [0.3, 0.4) is 0 Å². The molecule has 21 heavy (non-hydrogen) atoms. The topological polar surface area (TPSA) is 105 Å². The van der Waals surface area contributed by atoms with E-state index in [0.29, 0.717) is 12.5 Å². The van der Waals surface area contributed by atoms with Crippen molar-refractivity contribution in [1.82, 2.24) is 0 Å². The second kappa shape index (κ2) is 5.90. The molecule has 1 saturated carbocycles. The van der Waals surface area contributed by atoms with Crippen LogP contribution in [0.25, 0.3) is 0 Å². The maximum atomic E-state index is 12.1. The molecule has 2 rings (SSSR count). The fraction of sp³-hybridized carbons (Fsp3) is 0.462. The molecule has 7 nitrogen and oxygen atoms in total. The highest BCUT2D eigenvalue weighted by molar-refractivity contribution is 7.89. The van der Waals surface area contributed by atoms with Gasteiger partial charge in [0, 0.05) is 6.07 Å². The van der Waals surface area contributed by atoms with E-state index < -0.39 is 16.0 Å². The van der Waals surface area contributed by atoms with Gasteiger partial charge in [0.05, 0.1) is 20.8 Å². The van der Waals surface area contributed by atoms with Crippen LogP contribution in [0.1, 0.15) is 23.2 Å². The molecule has 2 N–H and O–H groups in total. The number of hydrogen-bond donors (Lipinski definition) is 1. The third-order valence-corrected chi connectivity index (χ3v) is 4.09. The second-order valence-corrected chi connectivity index (χ2v) is 6.32. The van der Waals surface area contributed by atoms with Crippen molar-refractivity contribution < 1.29 is 27.4 Å². The molecule has 8 heteroatoms. The minimum Gasteiger partial charge on any atom is -0.496 e. The standard InChI is InChI=1S/C13H17NO6S/c1-18-10-6-11(19-2)12(21(14,16)17)5-9(10)13(15)20-7-8-3-4-8/h5-6,8H,3-4,7H2,1-2H3,(H2,14,16,17). The molecule has 1 aromatic rings. The molecule has 0 aromatic heterocycles. The first-order chi connectivity index (χ1) is 9.86. The molecule has 1 aliphatic carbocycles. The van der Waals surface area contributed by atoms with Crippen LogP contribution in [0, 0.1) is 5.92 Å². The number of hydrogen-bond acceptors (Lipinski definition) is 6. The summed E-state index contributed by atoms with van der Waals surface area (Å²) >= 11 is 0. The van der Waals surface area contributed by atoms with Gasteiger partial charge in [0.15, 0.2) is 0 Å². The molecule has 0 spiro atoms. The number of nitrogens with two attached hydrogens (primary N) is 1. The Balaban J connectivity index is 2.39. The summed E-state index contributed by atoms with van der Waals surface area (Å²) in [4.78, 5) is 11.8. The summed E-state index contributed by atoms with van der Waals surface area (Å²) in [5, 5.41) is 5.13. The van der Waals surface area contributed by atoms with Gasteiger partial charge in [-0.15, -0.1) is 0 Å². The van der Waals surface area contributed by atoms with E-state index in [-0.39, 0.29) is 22.0 Å². The monoisotopic (exact) mass is 315 g/mol. The van der Waals surface area contributed by atoms with E-state index in [4.69, 9.17) is 19.3 Å².